The summed E-state index contributed by atoms with van der Waals surface area (Å²) in [7, 11) is 0. The van der Waals surface area contributed by atoms with E-state index in [2.05, 4.69) is 63.6 Å². The highest BCUT2D eigenvalue weighted by Gasteiger charge is 2.06. The largest absolute Gasteiger partial charge is 0.313 e. The molecule has 0 bridgehead atoms. The lowest BCUT2D eigenvalue weighted by atomic mass is 10.2. The summed E-state index contributed by atoms with van der Waals surface area (Å²) in [6, 6.07) is 14.6. The van der Waals surface area contributed by atoms with Crippen molar-refractivity contribution in [2.75, 3.05) is 6.54 Å². The summed E-state index contributed by atoms with van der Waals surface area (Å²) < 4.78 is 3.09. The number of nitrogens with zero attached hydrogens (tertiary/aromatic N) is 2. The third-order valence-corrected chi connectivity index (χ3v) is 4.24. The Bertz CT molecular complexity index is 749. The lowest BCUT2D eigenvalue weighted by molar-refractivity contribution is 0.674. The summed E-state index contributed by atoms with van der Waals surface area (Å²) in [6.07, 6.45) is 3.05. The monoisotopic (exact) mass is 343 g/mol. The predicted molar refractivity (Wildman–Crippen MR) is 90.8 cm³/mol. The van der Waals surface area contributed by atoms with Gasteiger partial charge in [-0.2, -0.15) is 5.10 Å². The summed E-state index contributed by atoms with van der Waals surface area (Å²) in [5, 5.41) is 9.07. The van der Waals surface area contributed by atoms with Gasteiger partial charge in [0.2, 0.25) is 0 Å². The second kappa shape index (κ2) is 6.41. The first kappa shape index (κ1) is 14.3. The number of benzene rings is 2. The van der Waals surface area contributed by atoms with E-state index in [1.165, 1.54) is 5.56 Å². The van der Waals surface area contributed by atoms with E-state index in [4.69, 9.17) is 0 Å². The Balaban J connectivity index is 1.91. The van der Waals surface area contributed by atoms with Gasteiger partial charge >= 0.3 is 0 Å². The van der Waals surface area contributed by atoms with Crippen molar-refractivity contribution >= 4 is 26.8 Å². The van der Waals surface area contributed by atoms with Crippen LogP contribution in [0, 0.1) is 0 Å². The molecule has 4 heteroatoms. The highest BCUT2D eigenvalue weighted by atomic mass is 79.9. The van der Waals surface area contributed by atoms with Crippen molar-refractivity contribution in [2.24, 2.45) is 0 Å². The van der Waals surface area contributed by atoms with Crippen LogP contribution in [0.2, 0.25) is 0 Å². The molecule has 1 heterocycles. The first-order valence-corrected chi connectivity index (χ1v) is 8.01. The lowest BCUT2D eigenvalue weighted by Gasteiger charge is -2.09. The first-order valence-electron chi connectivity index (χ1n) is 7.22. The van der Waals surface area contributed by atoms with Crippen LogP contribution in [-0.2, 0) is 6.54 Å². The summed E-state index contributed by atoms with van der Waals surface area (Å²) in [6.45, 7) is 4.10. The van der Waals surface area contributed by atoms with Crippen LogP contribution in [0.3, 0.4) is 0 Å². The SMILES string of the molecule is CCCNCc1ccc(-n2ncc3ccccc32)cc1Br. The molecular weight excluding hydrogens is 326 g/mol. The number of hydrogen-bond acceptors (Lipinski definition) is 2. The molecule has 0 aliphatic carbocycles. The molecule has 0 aliphatic rings. The zero-order chi connectivity index (χ0) is 14.7. The van der Waals surface area contributed by atoms with Gasteiger partial charge in [0.15, 0.2) is 0 Å². The van der Waals surface area contributed by atoms with Gasteiger partial charge in [-0.3, -0.25) is 0 Å². The van der Waals surface area contributed by atoms with E-state index in [-0.39, 0.29) is 0 Å². The summed E-state index contributed by atoms with van der Waals surface area (Å²) in [4.78, 5) is 0. The molecule has 108 valence electrons. The molecule has 3 rings (SSSR count). The quantitative estimate of drug-likeness (QED) is 0.700. The highest BCUT2D eigenvalue weighted by Crippen LogP contribution is 2.23. The van der Waals surface area contributed by atoms with Crippen LogP contribution >= 0.6 is 15.9 Å². The van der Waals surface area contributed by atoms with Crippen LogP contribution < -0.4 is 5.32 Å². The van der Waals surface area contributed by atoms with Gasteiger partial charge in [0.05, 0.1) is 17.4 Å². The standard InChI is InChI=1S/C17H18BrN3/c1-2-9-19-11-13-7-8-15(10-16(13)18)21-17-6-4-3-5-14(17)12-20-21/h3-8,10,12,19H,2,9,11H2,1H3. The second-order valence-corrected chi connectivity index (χ2v) is 5.92. The van der Waals surface area contributed by atoms with Gasteiger partial charge in [0, 0.05) is 16.4 Å². The number of rotatable bonds is 5. The molecule has 21 heavy (non-hydrogen) atoms. The molecule has 0 amide bonds. The van der Waals surface area contributed by atoms with E-state index in [1.54, 1.807) is 0 Å². The number of para-hydroxylation sites is 1. The molecule has 2 aromatic carbocycles. The van der Waals surface area contributed by atoms with Crippen molar-refractivity contribution < 1.29 is 0 Å². The van der Waals surface area contributed by atoms with Crippen molar-refractivity contribution in [2.45, 2.75) is 19.9 Å². The number of halogens is 1. The Morgan fingerprint density at radius 3 is 2.86 bits per heavy atom. The van der Waals surface area contributed by atoms with Crippen LogP contribution in [-0.4, -0.2) is 16.3 Å². The summed E-state index contributed by atoms with van der Waals surface area (Å²) in [5.41, 5.74) is 3.47. The fourth-order valence-electron chi connectivity index (χ4n) is 2.39. The van der Waals surface area contributed by atoms with Gasteiger partial charge in [0.25, 0.3) is 0 Å². The molecule has 0 radical (unpaired) electrons. The molecule has 1 N–H and O–H groups in total. The van der Waals surface area contributed by atoms with E-state index < -0.39 is 0 Å². The second-order valence-electron chi connectivity index (χ2n) is 5.07. The molecule has 0 saturated carbocycles. The zero-order valence-corrected chi connectivity index (χ0v) is 13.6. The molecule has 1 aromatic heterocycles. The van der Waals surface area contributed by atoms with Crippen molar-refractivity contribution in [3.63, 3.8) is 0 Å². The molecular formula is C17H18BrN3. The average molecular weight is 344 g/mol. The molecule has 0 spiro atoms. The lowest BCUT2D eigenvalue weighted by Crippen LogP contribution is -2.14. The minimum Gasteiger partial charge on any atom is -0.313 e. The van der Waals surface area contributed by atoms with E-state index in [1.807, 2.05) is 23.0 Å². The Hall–Kier alpha value is -1.65. The number of fused-ring (bicyclic) bond motifs is 1. The molecule has 0 unspecified atom stereocenters. The van der Waals surface area contributed by atoms with Crippen molar-refractivity contribution in [3.05, 3.63) is 58.7 Å². The van der Waals surface area contributed by atoms with Crippen LogP contribution in [0.15, 0.2) is 53.1 Å². The maximum Gasteiger partial charge on any atom is 0.0741 e. The molecule has 3 nitrogen and oxygen atoms in total. The van der Waals surface area contributed by atoms with Gasteiger partial charge in [-0.05, 0) is 36.7 Å². The van der Waals surface area contributed by atoms with Gasteiger partial charge in [-0.1, -0.05) is 47.1 Å². The fraction of sp³-hybridized carbons (Fsp3) is 0.235. The minimum atomic E-state index is 0.883. The van der Waals surface area contributed by atoms with Crippen molar-refractivity contribution in [3.8, 4) is 5.69 Å². The van der Waals surface area contributed by atoms with E-state index in [9.17, 15) is 0 Å². The van der Waals surface area contributed by atoms with Gasteiger partial charge in [-0.15, -0.1) is 0 Å². The van der Waals surface area contributed by atoms with E-state index in [0.29, 0.717) is 0 Å². The number of nitrogens with one attached hydrogen (secondary N) is 1. The third-order valence-electron chi connectivity index (χ3n) is 3.50. The molecule has 0 aliphatic heterocycles. The predicted octanol–water partition coefficient (Wildman–Crippen LogP) is 4.29. The Morgan fingerprint density at radius 1 is 1.19 bits per heavy atom. The third kappa shape index (κ3) is 3.01. The normalized spacial score (nSPS) is 11.1. The van der Waals surface area contributed by atoms with Crippen LogP contribution in [0.25, 0.3) is 16.6 Å². The Labute approximate surface area is 133 Å². The summed E-state index contributed by atoms with van der Waals surface area (Å²) in [5.74, 6) is 0. The van der Waals surface area contributed by atoms with Crippen LogP contribution in [0.5, 0.6) is 0 Å². The first-order chi connectivity index (χ1) is 10.3. The van der Waals surface area contributed by atoms with E-state index >= 15 is 0 Å². The molecule has 0 saturated heterocycles. The van der Waals surface area contributed by atoms with Crippen molar-refractivity contribution in [1.82, 2.24) is 15.1 Å². The highest BCUT2D eigenvalue weighted by molar-refractivity contribution is 9.10. The van der Waals surface area contributed by atoms with Gasteiger partial charge in [0.1, 0.15) is 0 Å². The van der Waals surface area contributed by atoms with Gasteiger partial charge in [-0.25, -0.2) is 4.68 Å². The minimum absolute atomic E-state index is 0.883. The molecule has 0 fully saturated rings. The maximum absolute atomic E-state index is 4.49. The Kier molecular flexibility index (Phi) is 4.36. The summed E-state index contributed by atoms with van der Waals surface area (Å²) >= 11 is 3.67. The fourth-order valence-corrected chi connectivity index (χ4v) is 2.90. The number of hydrogen-bond donors (Lipinski definition) is 1. The topological polar surface area (TPSA) is 29.9 Å². The van der Waals surface area contributed by atoms with Crippen LogP contribution in [0.4, 0.5) is 0 Å². The smallest absolute Gasteiger partial charge is 0.0741 e. The number of aromatic nitrogens is 2. The Morgan fingerprint density at radius 2 is 2.05 bits per heavy atom. The average Bonchev–Trinajstić information content (AvgIpc) is 2.93. The van der Waals surface area contributed by atoms with Crippen LogP contribution in [0.1, 0.15) is 18.9 Å². The van der Waals surface area contributed by atoms with Gasteiger partial charge < -0.3 is 5.32 Å². The molecule has 0 atom stereocenters. The van der Waals surface area contributed by atoms with E-state index in [0.717, 1.165) is 40.6 Å². The molecule has 3 aromatic rings. The van der Waals surface area contributed by atoms with Crippen molar-refractivity contribution in [1.29, 1.82) is 0 Å². The maximum atomic E-state index is 4.49. The zero-order valence-electron chi connectivity index (χ0n) is 12.0.